The smallest absolute Gasteiger partial charge is 0.252 e. The average Bonchev–Trinajstić information content (AvgIpc) is 3.14. The Hall–Kier alpha value is -2.32. The van der Waals surface area contributed by atoms with Crippen molar-refractivity contribution in [2.24, 2.45) is 5.92 Å². The van der Waals surface area contributed by atoms with Crippen LogP contribution in [0.4, 0.5) is 4.39 Å². The number of ether oxygens (including phenoxy) is 4. The molecule has 0 radical (unpaired) electrons. The molecule has 6 nitrogen and oxygen atoms in total. The molecule has 0 spiro atoms. The Morgan fingerprint density at radius 3 is 2.49 bits per heavy atom. The molecule has 0 aromatic heterocycles. The Bertz CT molecular complexity index is 998. The summed E-state index contributed by atoms with van der Waals surface area (Å²) in [5.41, 5.74) is 0.176. The van der Waals surface area contributed by atoms with Gasteiger partial charge in [0.05, 0.1) is 25.4 Å². The fourth-order valence-electron chi connectivity index (χ4n) is 4.77. The van der Waals surface area contributed by atoms with E-state index in [1.165, 1.54) is 6.07 Å². The molecule has 2 fully saturated rings. The Balaban J connectivity index is 1.61. The summed E-state index contributed by atoms with van der Waals surface area (Å²) in [7, 11) is 0. The highest BCUT2D eigenvalue weighted by Gasteiger charge is 2.58. The molecule has 2 aromatic carbocycles. The van der Waals surface area contributed by atoms with Gasteiger partial charge in [0, 0.05) is 24.9 Å². The van der Waals surface area contributed by atoms with Crippen molar-refractivity contribution in [1.29, 1.82) is 0 Å². The van der Waals surface area contributed by atoms with E-state index in [-0.39, 0.29) is 36.8 Å². The molecule has 1 amide bonds. The molecule has 4 rings (SSSR count). The molecule has 1 aliphatic heterocycles. The van der Waals surface area contributed by atoms with Crippen molar-refractivity contribution in [2.75, 3.05) is 6.54 Å². The van der Waals surface area contributed by atoms with E-state index < -0.39 is 23.6 Å². The molecule has 2 aliphatic rings. The van der Waals surface area contributed by atoms with Crippen LogP contribution in [0.15, 0.2) is 54.6 Å². The number of hydrogen-bond donors (Lipinski definition) is 1. The fraction of sp³-hybridized carbons (Fsp3) is 0.536. The number of carbonyl (C=O) groups is 1. The van der Waals surface area contributed by atoms with Gasteiger partial charge in [-0.05, 0) is 31.4 Å². The second kappa shape index (κ2) is 10.7. The Morgan fingerprint density at radius 1 is 1.06 bits per heavy atom. The van der Waals surface area contributed by atoms with Crippen molar-refractivity contribution in [1.82, 2.24) is 5.32 Å². The first-order valence-corrected chi connectivity index (χ1v) is 12.3. The Kier molecular flexibility index (Phi) is 7.91. The lowest BCUT2D eigenvalue weighted by Gasteiger charge is -2.43. The van der Waals surface area contributed by atoms with E-state index in [4.69, 9.17) is 18.9 Å². The fourth-order valence-corrected chi connectivity index (χ4v) is 4.77. The van der Waals surface area contributed by atoms with Gasteiger partial charge in [0.1, 0.15) is 11.9 Å². The lowest BCUT2D eigenvalue weighted by atomic mass is 9.78. The Labute approximate surface area is 207 Å². The van der Waals surface area contributed by atoms with Gasteiger partial charge in [-0.15, -0.1) is 0 Å². The number of hydrogen-bond acceptors (Lipinski definition) is 5. The van der Waals surface area contributed by atoms with E-state index in [0.717, 1.165) is 5.56 Å². The minimum atomic E-state index is -1.25. The summed E-state index contributed by atoms with van der Waals surface area (Å²) in [5, 5.41) is 3.03. The molecule has 1 saturated heterocycles. The second-order valence-corrected chi connectivity index (χ2v) is 10.4. The van der Waals surface area contributed by atoms with Gasteiger partial charge in [-0.25, -0.2) is 4.39 Å². The maximum atomic E-state index is 14.4. The molecule has 2 aromatic rings. The molecule has 0 unspecified atom stereocenters. The molecule has 35 heavy (non-hydrogen) atoms. The number of amides is 1. The van der Waals surface area contributed by atoms with Crippen molar-refractivity contribution in [3.05, 3.63) is 71.5 Å². The monoisotopic (exact) mass is 485 g/mol. The van der Waals surface area contributed by atoms with E-state index >= 15 is 0 Å². The third-order valence-corrected chi connectivity index (χ3v) is 6.50. The molecular weight excluding hydrogens is 449 g/mol. The largest absolute Gasteiger partial charge is 0.371 e. The number of halogens is 1. The van der Waals surface area contributed by atoms with Crippen LogP contribution in [0, 0.1) is 11.7 Å². The summed E-state index contributed by atoms with van der Waals surface area (Å²) in [6.45, 7) is 8.64. The summed E-state index contributed by atoms with van der Waals surface area (Å²) < 4.78 is 39.5. The van der Waals surface area contributed by atoms with Gasteiger partial charge in [0.25, 0.3) is 5.91 Å². The second-order valence-electron chi connectivity index (χ2n) is 10.4. The van der Waals surface area contributed by atoms with E-state index in [0.29, 0.717) is 25.1 Å². The van der Waals surface area contributed by atoms with E-state index in [1.807, 2.05) is 58.0 Å². The molecule has 1 heterocycles. The molecule has 190 valence electrons. The van der Waals surface area contributed by atoms with Gasteiger partial charge in [-0.3, -0.25) is 4.79 Å². The van der Waals surface area contributed by atoms with Gasteiger partial charge in [0.15, 0.2) is 11.4 Å². The quantitative estimate of drug-likeness (QED) is 0.555. The third kappa shape index (κ3) is 6.28. The first kappa shape index (κ1) is 25.8. The molecule has 1 N–H and O–H groups in total. The van der Waals surface area contributed by atoms with Crippen molar-refractivity contribution < 1.29 is 28.1 Å². The maximum Gasteiger partial charge on any atom is 0.252 e. The number of carbonyl (C=O) groups excluding carboxylic acids is 1. The highest BCUT2D eigenvalue weighted by Crippen LogP contribution is 2.44. The maximum absolute atomic E-state index is 14.4. The van der Waals surface area contributed by atoms with Crippen LogP contribution in [0.2, 0.25) is 0 Å². The highest BCUT2D eigenvalue weighted by atomic mass is 19.1. The van der Waals surface area contributed by atoms with Crippen LogP contribution in [0.5, 0.6) is 0 Å². The summed E-state index contributed by atoms with van der Waals surface area (Å²) in [6.07, 6.45) is -0.605. The van der Waals surface area contributed by atoms with Crippen molar-refractivity contribution in [3.63, 3.8) is 0 Å². The third-order valence-electron chi connectivity index (χ3n) is 6.50. The van der Waals surface area contributed by atoms with Crippen LogP contribution in [-0.4, -0.2) is 42.2 Å². The summed E-state index contributed by atoms with van der Waals surface area (Å²) in [4.78, 5) is 13.6. The predicted molar refractivity (Wildman–Crippen MR) is 130 cm³/mol. The van der Waals surface area contributed by atoms with Crippen LogP contribution < -0.4 is 5.32 Å². The van der Waals surface area contributed by atoms with Gasteiger partial charge in [-0.1, -0.05) is 62.4 Å². The SMILES string of the molecule is CC(C)CNC(=O)[C@@]1(OCc2ccccc2F)C[C@H](OCc2ccccc2)[C@@H]2OC(C)(C)O[C@@H]2C1. The Morgan fingerprint density at radius 2 is 1.77 bits per heavy atom. The standard InChI is InChI=1S/C28H36FNO5/c1-19(2)16-30-26(31)28(33-18-21-12-8-9-13-22(21)29)14-23(32-17-20-10-6-5-7-11-20)25-24(15-28)34-27(3,4)35-25/h5-13,19,23-25H,14-18H2,1-4H3,(H,30,31)/t23-,24+,25-,28+/m0/s1. The predicted octanol–water partition coefficient (Wildman–Crippen LogP) is 4.75. The minimum Gasteiger partial charge on any atom is -0.371 e. The van der Waals surface area contributed by atoms with Gasteiger partial charge in [0.2, 0.25) is 0 Å². The molecular formula is C28H36FNO5. The topological polar surface area (TPSA) is 66.0 Å². The first-order valence-electron chi connectivity index (χ1n) is 12.3. The van der Waals surface area contributed by atoms with Crippen LogP contribution in [0.25, 0.3) is 0 Å². The van der Waals surface area contributed by atoms with Crippen LogP contribution in [0.3, 0.4) is 0 Å². The minimum absolute atomic E-state index is 0.0329. The van der Waals surface area contributed by atoms with E-state index in [2.05, 4.69) is 5.32 Å². The lowest BCUT2D eigenvalue weighted by Crippen LogP contribution is -2.60. The molecule has 4 atom stereocenters. The van der Waals surface area contributed by atoms with E-state index in [9.17, 15) is 9.18 Å². The normalized spacial score (nSPS) is 27.5. The van der Waals surface area contributed by atoms with Crippen molar-refractivity contribution in [3.8, 4) is 0 Å². The summed E-state index contributed by atoms with van der Waals surface area (Å²) in [6, 6.07) is 16.3. The van der Waals surface area contributed by atoms with Crippen LogP contribution >= 0.6 is 0 Å². The van der Waals surface area contributed by atoms with E-state index in [1.54, 1.807) is 18.2 Å². The molecule has 1 aliphatic carbocycles. The number of nitrogens with one attached hydrogen (secondary N) is 1. The van der Waals surface area contributed by atoms with Gasteiger partial charge in [-0.2, -0.15) is 0 Å². The number of benzene rings is 2. The van der Waals surface area contributed by atoms with Crippen LogP contribution in [-0.2, 0) is 37.0 Å². The molecule has 7 heteroatoms. The van der Waals surface area contributed by atoms with Gasteiger partial charge < -0.3 is 24.3 Å². The zero-order chi connectivity index (χ0) is 25.1. The number of rotatable bonds is 9. The lowest BCUT2D eigenvalue weighted by molar-refractivity contribution is -0.183. The van der Waals surface area contributed by atoms with Gasteiger partial charge >= 0.3 is 0 Å². The molecule has 0 bridgehead atoms. The van der Waals surface area contributed by atoms with Crippen LogP contribution in [0.1, 0.15) is 51.7 Å². The zero-order valence-corrected chi connectivity index (χ0v) is 21.0. The van der Waals surface area contributed by atoms with Crippen molar-refractivity contribution in [2.45, 2.75) is 83.5 Å². The average molecular weight is 486 g/mol. The zero-order valence-electron chi connectivity index (χ0n) is 21.0. The number of fused-ring (bicyclic) bond motifs is 1. The molecule has 1 saturated carbocycles. The summed E-state index contributed by atoms with van der Waals surface area (Å²) in [5.74, 6) is -1.13. The highest BCUT2D eigenvalue weighted by molar-refractivity contribution is 5.85. The first-order chi connectivity index (χ1) is 16.7. The van der Waals surface area contributed by atoms with Crippen molar-refractivity contribution >= 4 is 5.91 Å². The summed E-state index contributed by atoms with van der Waals surface area (Å²) >= 11 is 0.